The van der Waals surface area contributed by atoms with Crippen LogP contribution in [0.3, 0.4) is 0 Å². The topological polar surface area (TPSA) is 161 Å². The standard InChI is InChI=1S/C41H39N11O3S3/c1-56-26-17-27(36-21-45-13-16-51(36)35-8-10-44-20-31(35)47-37(53)32-23-57-39(48-32)25-5-3-2-4-6-25)29-22-52(40(55)28(29)18-26)41-49-33(24-58-41)38(54)46-30-19-43-9-7-34(30)50-14-11-42-12-15-50/h2-10,17-20,23-24,36,42,45H,11-16,21-22H2,1H3,(H,46,54)(H,47,53). The lowest BCUT2D eigenvalue weighted by Crippen LogP contribution is -2.46. The minimum Gasteiger partial charge on any atom is -0.367 e. The molecule has 3 aliphatic rings. The van der Waals surface area contributed by atoms with Crippen LogP contribution in [-0.4, -0.2) is 89.7 Å². The number of benzene rings is 2. The Morgan fingerprint density at radius 2 is 1.52 bits per heavy atom. The number of thioether (sulfide) groups is 1. The molecule has 1 unspecified atom stereocenters. The van der Waals surface area contributed by atoms with Crippen molar-refractivity contribution in [2.24, 2.45) is 0 Å². The number of anilines is 5. The summed E-state index contributed by atoms with van der Waals surface area (Å²) in [5.74, 6) is -0.841. The van der Waals surface area contributed by atoms with Gasteiger partial charge in [-0.25, -0.2) is 9.97 Å². The van der Waals surface area contributed by atoms with Gasteiger partial charge in [0.25, 0.3) is 17.7 Å². The molecular formula is C41H39N11O3S3. The van der Waals surface area contributed by atoms with Gasteiger partial charge in [0.2, 0.25) is 0 Å². The van der Waals surface area contributed by atoms with Crippen LogP contribution in [0.25, 0.3) is 10.6 Å². The maximum atomic E-state index is 14.2. The van der Waals surface area contributed by atoms with Gasteiger partial charge in [0, 0.05) is 85.0 Å². The average molecular weight is 830 g/mol. The number of carbonyl (C=O) groups is 3. The van der Waals surface area contributed by atoms with E-state index in [-0.39, 0.29) is 29.5 Å². The highest BCUT2D eigenvalue weighted by atomic mass is 32.2. The molecule has 3 amide bonds. The summed E-state index contributed by atoms with van der Waals surface area (Å²) in [7, 11) is 0. The summed E-state index contributed by atoms with van der Waals surface area (Å²) in [6.07, 6.45) is 8.78. The molecule has 2 aromatic carbocycles. The van der Waals surface area contributed by atoms with Gasteiger partial charge in [-0.1, -0.05) is 30.3 Å². The number of rotatable bonds is 10. The summed E-state index contributed by atoms with van der Waals surface area (Å²) in [5.41, 5.74) is 6.98. The van der Waals surface area contributed by atoms with Crippen LogP contribution in [0.15, 0.2) is 95.0 Å². The highest BCUT2D eigenvalue weighted by molar-refractivity contribution is 7.98. The molecule has 294 valence electrons. The summed E-state index contributed by atoms with van der Waals surface area (Å²) in [4.78, 5) is 66.4. The molecule has 4 aromatic heterocycles. The normalized spacial score (nSPS) is 16.7. The maximum Gasteiger partial charge on any atom is 0.275 e. The minimum atomic E-state index is -0.364. The zero-order valence-electron chi connectivity index (χ0n) is 31.5. The van der Waals surface area contributed by atoms with E-state index in [1.165, 1.54) is 22.7 Å². The van der Waals surface area contributed by atoms with Crippen molar-refractivity contribution in [3.8, 4) is 10.6 Å². The molecule has 1 atom stereocenters. The van der Waals surface area contributed by atoms with Crippen LogP contribution in [0.5, 0.6) is 0 Å². The monoisotopic (exact) mass is 829 g/mol. The lowest BCUT2D eigenvalue weighted by molar-refractivity contribution is 0.0990. The molecular weight excluding hydrogens is 791 g/mol. The van der Waals surface area contributed by atoms with Gasteiger partial charge in [-0.15, -0.1) is 34.4 Å². The van der Waals surface area contributed by atoms with E-state index in [9.17, 15) is 14.4 Å². The lowest BCUT2D eigenvalue weighted by atomic mass is 9.94. The third-order valence-corrected chi connectivity index (χ3v) is 12.9. The molecule has 2 saturated heterocycles. The summed E-state index contributed by atoms with van der Waals surface area (Å²) in [6, 6.07) is 17.6. The zero-order chi connectivity index (χ0) is 39.6. The van der Waals surface area contributed by atoms with Gasteiger partial charge in [0.05, 0.1) is 47.7 Å². The first kappa shape index (κ1) is 37.8. The van der Waals surface area contributed by atoms with E-state index in [1.807, 2.05) is 54.8 Å². The minimum absolute atomic E-state index is 0.160. The van der Waals surface area contributed by atoms with Gasteiger partial charge in [0.1, 0.15) is 16.4 Å². The molecule has 17 heteroatoms. The van der Waals surface area contributed by atoms with Gasteiger partial charge in [-0.05, 0) is 41.6 Å². The molecule has 6 aromatic rings. The summed E-state index contributed by atoms with van der Waals surface area (Å²) in [6.45, 7) is 5.68. The number of nitrogens with zero attached hydrogens (tertiary/aromatic N) is 7. The van der Waals surface area contributed by atoms with Crippen LogP contribution in [0.2, 0.25) is 0 Å². The molecule has 14 nitrogen and oxygen atoms in total. The molecule has 2 fully saturated rings. The third kappa shape index (κ3) is 7.54. The van der Waals surface area contributed by atoms with Crippen LogP contribution in [-0.2, 0) is 6.54 Å². The number of nitrogens with one attached hydrogen (secondary N) is 4. The Labute approximate surface area is 347 Å². The van der Waals surface area contributed by atoms with E-state index in [2.05, 4.69) is 57.1 Å². The van der Waals surface area contributed by atoms with Gasteiger partial charge in [-0.2, -0.15) is 0 Å². The predicted molar refractivity (Wildman–Crippen MR) is 231 cm³/mol. The Morgan fingerprint density at radius 1 is 0.828 bits per heavy atom. The van der Waals surface area contributed by atoms with Crippen molar-refractivity contribution in [2.75, 3.05) is 77.4 Å². The van der Waals surface area contributed by atoms with Crippen molar-refractivity contribution in [1.82, 2.24) is 30.6 Å². The summed E-state index contributed by atoms with van der Waals surface area (Å²) >= 11 is 4.27. The number of pyridine rings is 2. The van der Waals surface area contributed by atoms with Crippen LogP contribution in [0, 0.1) is 0 Å². The van der Waals surface area contributed by atoms with Crippen molar-refractivity contribution >= 4 is 80.0 Å². The van der Waals surface area contributed by atoms with Crippen molar-refractivity contribution in [1.29, 1.82) is 0 Å². The quantitative estimate of drug-likeness (QED) is 0.119. The molecule has 58 heavy (non-hydrogen) atoms. The first-order chi connectivity index (χ1) is 28.4. The van der Waals surface area contributed by atoms with E-state index in [4.69, 9.17) is 0 Å². The predicted octanol–water partition coefficient (Wildman–Crippen LogP) is 6.00. The Kier molecular flexibility index (Phi) is 10.9. The van der Waals surface area contributed by atoms with E-state index in [1.54, 1.807) is 52.2 Å². The second-order valence-electron chi connectivity index (χ2n) is 13.9. The summed E-state index contributed by atoms with van der Waals surface area (Å²) < 4.78 is 0. The van der Waals surface area contributed by atoms with Crippen molar-refractivity contribution in [2.45, 2.75) is 17.5 Å². The number of thiazole rings is 2. The fourth-order valence-corrected chi connectivity index (χ4v) is 9.69. The molecule has 0 aliphatic carbocycles. The van der Waals surface area contributed by atoms with Crippen molar-refractivity contribution in [3.05, 3.63) is 118 Å². The highest BCUT2D eigenvalue weighted by Gasteiger charge is 2.37. The molecule has 9 rings (SSSR count). The number of piperazine rings is 2. The number of hydrogen-bond donors (Lipinski definition) is 4. The Morgan fingerprint density at radius 3 is 2.28 bits per heavy atom. The Hall–Kier alpha value is -5.72. The van der Waals surface area contributed by atoms with Gasteiger partial charge >= 0.3 is 0 Å². The first-order valence-corrected chi connectivity index (χ1v) is 21.9. The number of hydrogen-bond acceptors (Lipinski definition) is 14. The average Bonchev–Trinajstić information content (AvgIpc) is 4.05. The van der Waals surface area contributed by atoms with E-state index in [0.717, 1.165) is 70.7 Å². The third-order valence-electron chi connectivity index (χ3n) is 10.5. The van der Waals surface area contributed by atoms with Crippen LogP contribution in [0.4, 0.5) is 27.9 Å². The zero-order valence-corrected chi connectivity index (χ0v) is 33.9. The maximum absolute atomic E-state index is 14.2. The molecule has 0 spiro atoms. The van der Waals surface area contributed by atoms with Gasteiger partial charge in [-0.3, -0.25) is 29.3 Å². The molecule has 7 heterocycles. The Bertz CT molecular complexity index is 2490. The van der Waals surface area contributed by atoms with Gasteiger partial charge in [0.15, 0.2) is 5.13 Å². The van der Waals surface area contributed by atoms with Crippen molar-refractivity contribution < 1.29 is 14.4 Å². The fraction of sp³-hybridized carbons (Fsp3) is 0.244. The van der Waals surface area contributed by atoms with Crippen LogP contribution < -0.4 is 36.0 Å². The smallest absolute Gasteiger partial charge is 0.275 e. The highest BCUT2D eigenvalue weighted by Crippen LogP contribution is 2.41. The molecule has 0 saturated carbocycles. The second-order valence-corrected chi connectivity index (χ2v) is 16.5. The van der Waals surface area contributed by atoms with E-state index >= 15 is 0 Å². The first-order valence-electron chi connectivity index (χ1n) is 18.9. The number of aromatic nitrogens is 4. The van der Waals surface area contributed by atoms with E-state index < -0.39 is 0 Å². The molecule has 3 aliphatic heterocycles. The molecule has 0 radical (unpaired) electrons. The molecule has 0 bridgehead atoms. The Balaban J connectivity index is 0.965. The van der Waals surface area contributed by atoms with E-state index in [0.29, 0.717) is 47.4 Å². The van der Waals surface area contributed by atoms with Crippen LogP contribution in [0.1, 0.15) is 48.5 Å². The lowest BCUT2D eigenvalue weighted by Gasteiger charge is -2.40. The van der Waals surface area contributed by atoms with Gasteiger partial charge < -0.3 is 31.1 Å². The summed E-state index contributed by atoms with van der Waals surface area (Å²) in [5, 5.41) is 17.7. The SMILES string of the molecule is CSc1cc2c(c(C3CNCCN3c3ccncc3NC(=O)c3csc(-c4ccccc4)n3)c1)CN(c1nc(C(=O)Nc3cnccc3N3CCNCC3)cs1)C2=O. The number of fused-ring (bicyclic) bond motifs is 1. The number of carbonyl (C=O) groups excluding carboxylic acids is 3. The second kappa shape index (κ2) is 16.6. The van der Waals surface area contributed by atoms with Crippen LogP contribution >= 0.6 is 34.4 Å². The molecule has 4 N–H and O–H groups in total. The largest absolute Gasteiger partial charge is 0.367 e. The van der Waals surface area contributed by atoms with Crippen molar-refractivity contribution in [3.63, 3.8) is 0 Å². The fourth-order valence-electron chi connectivity index (χ4n) is 7.61. The number of amides is 3.